The molecule has 4 heteroatoms. The average Bonchev–Trinajstić information content (AvgIpc) is 2.74. The summed E-state index contributed by atoms with van der Waals surface area (Å²) in [5, 5.41) is 7.78. The molecule has 0 saturated carbocycles. The predicted octanol–water partition coefficient (Wildman–Crippen LogP) is 1.10. The lowest BCUT2D eigenvalue weighted by atomic mass is 10.1. The van der Waals surface area contributed by atoms with Crippen molar-refractivity contribution in [3.8, 4) is 5.69 Å². The molecule has 0 unspecified atom stereocenters. The van der Waals surface area contributed by atoms with Crippen LogP contribution < -0.4 is 11.1 Å². The summed E-state index contributed by atoms with van der Waals surface area (Å²) < 4.78 is 2.01. The molecule has 0 saturated heterocycles. The van der Waals surface area contributed by atoms with Gasteiger partial charge in [-0.25, -0.2) is 4.68 Å². The molecule has 2 heterocycles. The molecule has 0 atom stereocenters. The highest BCUT2D eigenvalue weighted by atomic mass is 15.3. The second kappa shape index (κ2) is 3.64. The molecule has 3 rings (SSSR count). The zero-order chi connectivity index (χ0) is 11.0. The van der Waals surface area contributed by atoms with Gasteiger partial charge in [0.05, 0.1) is 11.9 Å². The first kappa shape index (κ1) is 9.42. The van der Waals surface area contributed by atoms with Crippen LogP contribution in [0.3, 0.4) is 0 Å². The van der Waals surface area contributed by atoms with Gasteiger partial charge in [-0.15, -0.1) is 0 Å². The van der Waals surface area contributed by atoms with E-state index in [4.69, 9.17) is 5.73 Å². The Kier molecular flexibility index (Phi) is 2.15. The Morgan fingerprint density at radius 2 is 2.06 bits per heavy atom. The Balaban J connectivity index is 2.06. The minimum atomic E-state index is 0.784. The zero-order valence-electron chi connectivity index (χ0n) is 8.98. The van der Waals surface area contributed by atoms with Crippen LogP contribution in [0.2, 0.25) is 0 Å². The lowest BCUT2D eigenvalue weighted by Crippen LogP contribution is -2.24. The summed E-state index contributed by atoms with van der Waals surface area (Å²) in [6.07, 6.45) is 2.97. The fourth-order valence-corrected chi connectivity index (χ4v) is 2.09. The number of hydrogen-bond acceptors (Lipinski definition) is 3. The number of benzene rings is 1. The molecule has 0 radical (unpaired) electrons. The summed E-state index contributed by atoms with van der Waals surface area (Å²) in [4.78, 5) is 0. The number of nitrogens with zero attached hydrogens (tertiary/aromatic N) is 2. The number of anilines is 1. The Bertz CT molecular complexity index is 498. The second-order valence-electron chi connectivity index (χ2n) is 4.05. The van der Waals surface area contributed by atoms with Gasteiger partial charge in [0, 0.05) is 36.5 Å². The Hall–Kier alpha value is -1.81. The minimum Gasteiger partial charge on any atom is -0.399 e. The molecule has 0 spiro atoms. The maximum atomic E-state index is 5.68. The maximum absolute atomic E-state index is 5.68. The highest BCUT2D eigenvalue weighted by Crippen LogP contribution is 2.18. The van der Waals surface area contributed by atoms with Crippen molar-refractivity contribution in [3.63, 3.8) is 0 Å². The van der Waals surface area contributed by atoms with Crippen molar-refractivity contribution in [3.05, 3.63) is 41.7 Å². The summed E-state index contributed by atoms with van der Waals surface area (Å²) >= 11 is 0. The van der Waals surface area contributed by atoms with Crippen molar-refractivity contribution in [1.82, 2.24) is 15.1 Å². The Labute approximate surface area is 94.1 Å². The van der Waals surface area contributed by atoms with Gasteiger partial charge in [-0.1, -0.05) is 0 Å². The summed E-state index contributed by atoms with van der Waals surface area (Å²) in [6, 6.07) is 7.82. The number of aromatic nitrogens is 2. The van der Waals surface area contributed by atoms with Crippen LogP contribution in [0.4, 0.5) is 5.69 Å². The molecule has 3 N–H and O–H groups in total. The molecule has 0 amide bonds. The first-order chi connectivity index (χ1) is 7.84. The van der Waals surface area contributed by atoms with Gasteiger partial charge in [-0.2, -0.15) is 5.10 Å². The fourth-order valence-electron chi connectivity index (χ4n) is 2.09. The first-order valence-electron chi connectivity index (χ1n) is 5.47. The van der Waals surface area contributed by atoms with Gasteiger partial charge in [-0.05, 0) is 24.3 Å². The summed E-state index contributed by atoms with van der Waals surface area (Å²) in [5.74, 6) is 0. The normalized spacial score (nSPS) is 14.8. The van der Waals surface area contributed by atoms with Gasteiger partial charge in [0.2, 0.25) is 0 Å². The molecule has 16 heavy (non-hydrogen) atoms. The van der Waals surface area contributed by atoms with Gasteiger partial charge in [0.1, 0.15) is 0 Å². The van der Waals surface area contributed by atoms with Crippen LogP contribution in [0.15, 0.2) is 30.5 Å². The van der Waals surface area contributed by atoms with Gasteiger partial charge in [0.15, 0.2) is 0 Å². The fraction of sp³-hybridized carbons (Fsp3) is 0.250. The maximum Gasteiger partial charge on any atom is 0.0650 e. The predicted molar refractivity (Wildman–Crippen MR) is 63.4 cm³/mol. The molecule has 1 aromatic carbocycles. The molecule has 0 aliphatic carbocycles. The van der Waals surface area contributed by atoms with Crippen LogP contribution in [-0.4, -0.2) is 16.3 Å². The topological polar surface area (TPSA) is 55.9 Å². The second-order valence-corrected chi connectivity index (χ2v) is 4.05. The lowest BCUT2D eigenvalue weighted by molar-refractivity contribution is 0.623. The molecule has 1 aromatic heterocycles. The molecule has 4 nitrogen and oxygen atoms in total. The van der Waals surface area contributed by atoms with E-state index in [1.807, 2.05) is 35.1 Å². The van der Waals surface area contributed by atoms with Crippen LogP contribution >= 0.6 is 0 Å². The van der Waals surface area contributed by atoms with Gasteiger partial charge >= 0.3 is 0 Å². The molecular formula is C12H14N4. The SMILES string of the molecule is Nc1ccc(-n2ncc3c2CCNC3)cc1. The average molecular weight is 214 g/mol. The van der Waals surface area contributed by atoms with Crippen molar-refractivity contribution < 1.29 is 0 Å². The first-order valence-corrected chi connectivity index (χ1v) is 5.47. The Morgan fingerprint density at radius 3 is 2.88 bits per heavy atom. The summed E-state index contributed by atoms with van der Waals surface area (Å²) in [5.41, 5.74) is 10.1. The lowest BCUT2D eigenvalue weighted by Gasteiger charge is -2.15. The van der Waals surface area contributed by atoms with E-state index in [2.05, 4.69) is 10.4 Å². The van der Waals surface area contributed by atoms with E-state index in [-0.39, 0.29) is 0 Å². The third-order valence-electron chi connectivity index (χ3n) is 2.95. The van der Waals surface area contributed by atoms with E-state index in [1.165, 1.54) is 11.3 Å². The quantitative estimate of drug-likeness (QED) is 0.699. The standard InChI is InChI=1S/C12H14N4/c13-10-1-3-11(4-2-10)16-12-5-6-14-7-9(12)8-15-16/h1-4,8,14H,5-7,13H2. The summed E-state index contributed by atoms with van der Waals surface area (Å²) in [6.45, 7) is 1.94. The van der Waals surface area contributed by atoms with Crippen molar-refractivity contribution >= 4 is 5.69 Å². The van der Waals surface area contributed by atoms with Crippen LogP contribution in [0.5, 0.6) is 0 Å². The van der Waals surface area contributed by atoms with Gasteiger partial charge < -0.3 is 11.1 Å². The van der Waals surface area contributed by atoms with Gasteiger partial charge in [-0.3, -0.25) is 0 Å². The van der Waals surface area contributed by atoms with Crippen molar-refractivity contribution in [2.45, 2.75) is 13.0 Å². The van der Waals surface area contributed by atoms with E-state index in [1.54, 1.807) is 0 Å². The van der Waals surface area contributed by atoms with Crippen LogP contribution in [0.1, 0.15) is 11.3 Å². The monoisotopic (exact) mass is 214 g/mol. The minimum absolute atomic E-state index is 0.784. The largest absolute Gasteiger partial charge is 0.399 e. The molecule has 1 aliphatic rings. The number of nitrogens with two attached hydrogens (primary N) is 1. The van der Waals surface area contributed by atoms with Crippen LogP contribution in [-0.2, 0) is 13.0 Å². The van der Waals surface area contributed by atoms with Crippen LogP contribution in [0, 0.1) is 0 Å². The van der Waals surface area contributed by atoms with Crippen molar-refractivity contribution in [2.75, 3.05) is 12.3 Å². The Morgan fingerprint density at radius 1 is 1.25 bits per heavy atom. The number of nitrogens with one attached hydrogen (secondary N) is 1. The van der Waals surface area contributed by atoms with Crippen molar-refractivity contribution in [2.24, 2.45) is 0 Å². The number of fused-ring (bicyclic) bond motifs is 1. The molecule has 2 aromatic rings. The number of rotatable bonds is 1. The number of hydrogen-bond donors (Lipinski definition) is 2. The van der Waals surface area contributed by atoms with E-state index in [0.29, 0.717) is 0 Å². The van der Waals surface area contributed by atoms with E-state index in [9.17, 15) is 0 Å². The zero-order valence-corrected chi connectivity index (χ0v) is 8.98. The smallest absolute Gasteiger partial charge is 0.0650 e. The number of nitrogen functional groups attached to an aromatic ring is 1. The molecule has 0 bridgehead atoms. The third-order valence-corrected chi connectivity index (χ3v) is 2.95. The molecule has 0 fully saturated rings. The van der Waals surface area contributed by atoms with Crippen LogP contribution in [0.25, 0.3) is 5.69 Å². The van der Waals surface area contributed by atoms with Crippen molar-refractivity contribution in [1.29, 1.82) is 0 Å². The molecule has 1 aliphatic heterocycles. The summed E-state index contributed by atoms with van der Waals surface area (Å²) in [7, 11) is 0. The third kappa shape index (κ3) is 1.47. The molecule has 82 valence electrons. The van der Waals surface area contributed by atoms with E-state index in [0.717, 1.165) is 30.9 Å². The highest BCUT2D eigenvalue weighted by molar-refractivity contribution is 5.45. The van der Waals surface area contributed by atoms with E-state index < -0.39 is 0 Å². The van der Waals surface area contributed by atoms with Gasteiger partial charge in [0.25, 0.3) is 0 Å². The highest BCUT2D eigenvalue weighted by Gasteiger charge is 2.15. The van der Waals surface area contributed by atoms with E-state index >= 15 is 0 Å². The molecular weight excluding hydrogens is 200 g/mol.